The molecule has 0 saturated heterocycles. The molecule has 0 aliphatic carbocycles. The molecule has 0 aromatic heterocycles. The average Bonchev–Trinajstić information content (AvgIpc) is 2.58. The Balaban J connectivity index is 2.77. The van der Waals surface area contributed by atoms with E-state index >= 15 is 0 Å². The van der Waals surface area contributed by atoms with Gasteiger partial charge >= 0.3 is 13.6 Å². The lowest BCUT2D eigenvalue weighted by Crippen LogP contribution is -2.40. The third-order valence-electron chi connectivity index (χ3n) is 3.45. The van der Waals surface area contributed by atoms with E-state index in [-0.39, 0.29) is 6.35 Å². The Morgan fingerprint density at radius 2 is 1.73 bits per heavy atom. The number of rotatable bonds is 9. The lowest BCUT2D eigenvalue weighted by Gasteiger charge is -2.28. The summed E-state index contributed by atoms with van der Waals surface area (Å²) in [5, 5.41) is 0. The summed E-state index contributed by atoms with van der Waals surface area (Å²) in [5.41, 5.74) is -0.153. The van der Waals surface area contributed by atoms with Crippen LogP contribution in [0.3, 0.4) is 0 Å². The van der Waals surface area contributed by atoms with Crippen LogP contribution in [0.4, 0.5) is 0 Å². The second-order valence-electron chi connectivity index (χ2n) is 4.96. The first-order chi connectivity index (χ1) is 10.4. The quantitative estimate of drug-likeness (QED) is 0.512. The van der Waals surface area contributed by atoms with Gasteiger partial charge in [-0.1, -0.05) is 30.3 Å². The van der Waals surface area contributed by atoms with Crippen molar-refractivity contribution in [1.82, 2.24) is 0 Å². The molecular formula is C15H23O6P. The Morgan fingerprint density at radius 3 is 2.23 bits per heavy atom. The van der Waals surface area contributed by atoms with Crippen LogP contribution in [-0.4, -0.2) is 39.2 Å². The smallest absolute Gasteiger partial charge is 0.355 e. The van der Waals surface area contributed by atoms with Crippen LogP contribution in [0.1, 0.15) is 18.9 Å². The lowest BCUT2D eigenvalue weighted by molar-refractivity contribution is -0.166. The maximum Gasteiger partial charge on any atom is 0.355 e. The summed E-state index contributed by atoms with van der Waals surface area (Å²) >= 11 is 0. The Labute approximate surface area is 131 Å². The molecule has 0 N–H and O–H groups in total. The standard InChI is InChI=1S/C15H23O6P/c1-15(14(16)18-2,21-12-22(17,19-3)20-4)11-10-13-8-6-5-7-9-13/h5-9H,10-12H2,1-4H3. The van der Waals surface area contributed by atoms with Gasteiger partial charge in [0.1, 0.15) is 6.35 Å². The maximum absolute atomic E-state index is 12.1. The highest BCUT2D eigenvalue weighted by atomic mass is 31.2. The van der Waals surface area contributed by atoms with Gasteiger partial charge in [0.2, 0.25) is 0 Å². The average molecular weight is 330 g/mol. The molecule has 1 aromatic rings. The van der Waals surface area contributed by atoms with Gasteiger partial charge in [0, 0.05) is 14.2 Å². The monoisotopic (exact) mass is 330 g/mol. The highest BCUT2D eigenvalue weighted by Gasteiger charge is 2.38. The van der Waals surface area contributed by atoms with Crippen LogP contribution >= 0.6 is 7.60 Å². The van der Waals surface area contributed by atoms with Crippen molar-refractivity contribution in [2.45, 2.75) is 25.4 Å². The maximum atomic E-state index is 12.1. The highest BCUT2D eigenvalue weighted by Crippen LogP contribution is 2.47. The normalized spacial score (nSPS) is 14.4. The molecule has 0 radical (unpaired) electrons. The van der Waals surface area contributed by atoms with Crippen LogP contribution in [-0.2, 0) is 34.3 Å². The van der Waals surface area contributed by atoms with E-state index in [1.165, 1.54) is 21.3 Å². The van der Waals surface area contributed by atoms with Crippen molar-refractivity contribution in [2.75, 3.05) is 27.7 Å². The Morgan fingerprint density at radius 1 is 1.14 bits per heavy atom. The van der Waals surface area contributed by atoms with Crippen LogP contribution in [0.5, 0.6) is 0 Å². The zero-order valence-electron chi connectivity index (χ0n) is 13.4. The first kappa shape index (κ1) is 18.8. The van der Waals surface area contributed by atoms with Gasteiger partial charge in [-0.25, -0.2) is 4.79 Å². The fourth-order valence-corrected chi connectivity index (χ4v) is 2.68. The second-order valence-corrected chi connectivity index (χ2v) is 7.17. The molecule has 0 aliphatic heterocycles. The highest BCUT2D eigenvalue weighted by molar-refractivity contribution is 7.53. The number of ether oxygens (including phenoxy) is 2. The summed E-state index contributed by atoms with van der Waals surface area (Å²) in [6.45, 7) is 1.61. The van der Waals surface area contributed by atoms with Crippen LogP contribution in [0, 0.1) is 0 Å². The van der Waals surface area contributed by atoms with Gasteiger partial charge in [0.25, 0.3) is 0 Å². The molecule has 0 bridgehead atoms. The molecule has 22 heavy (non-hydrogen) atoms. The minimum atomic E-state index is -3.35. The molecule has 1 unspecified atom stereocenters. The predicted molar refractivity (Wildman–Crippen MR) is 82.8 cm³/mol. The SMILES string of the molecule is COC(=O)C(C)(CCc1ccccc1)OCP(=O)(OC)OC. The van der Waals surface area contributed by atoms with Crippen LogP contribution < -0.4 is 0 Å². The van der Waals surface area contributed by atoms with Gasteiger partial charge < -0.3 is 18.5 Å². The number of hydrogen-bond donors (Lipinski definition) is 0. The van der Waals surface area contributed by atoms with E-state index in [0.29, 0.717) is 12.8 Å². The van der Waals surface area contributed by atoms with E-state index in [1.807, 2.05) is 30.3 Å². The van der Waals surface area contributed by atoms with E-state index in [1.54, 1.807) is 6.92 Å². The van der Waals surface area contributed by atoms with Crippen molar-refractivity contribution >= 4 is 13.6 Å². The molecular weight excluding hydrogens is 307 g/mol. The Hall–Kier alpha value is -1.20. The van der Waals surface area contributed by atoms with E-state index in [2.05, 4.69) is 0 Å². The minimum Gasteiger partial charge on any atom is -0.467 e. The van der Waals surface area contributed by atoms with Gasteiger partial charge in [-0.3, -0.25) is 4.57 Å². The summed E-state index contributed by atoms with van der Waals surface area (Å²) in [6, 6.07) is 9.71. The largest absolute Gasteiger partial charge is 0.467 e. The molecule has 1 rings (SSSR count). The van der Waals surface area contributed by atoms with E-state index in [9.17, 15) is 9.36 Å². The lowest BCUT2D eigenvalue weighted by atomic mass is 9.96. The summed E-state index contributed by atoms with van der Waals surface area (Å²) in [6.07, 6.45) is 0.689. The predicted octanol–water partition coefficient (Wildman–Crippen LogP) is 3.01. The number of esters is 1. The van der Waals surface area contributed by atoms with Gasteiger partial charge in [-0.2, -0.15) is 0 Å². The van der Waals surface area contributed by atoms with Gasteiger partial charge in [0.15, 0.2) is 5.60 Å². The number of benzene rings is 1. The third-order valence-corrected chi connectivity index (χ3v) is 5.01. The second kappa shape index (κ2) is 8.44. The van der Waals surface area contributed by atoms with E-state index in [0.717, 1.165) is 5.56 Å². The van der Waals surface area contributed by atoms with Crippen LogP contribution in [0.15, 0.2) is 30.3 Å². The molecule has 0 fully saturated rings. The summed E-state index contributed by atoms with van der Waals surface area (Å²) < 4.78 is 32.1. The number of carbonyl (C=O) groups excluding carboxylic acids is 1. The first-order valence-corrected chi connectivity index (χ1v) is 8.59. The molecule has 1 aromatic carbocycles. The molecule has 0 heterocycles. The molecule has 0 amide bonds. The number of hydrogen-bond acceptors (Lipinski definition) is 6. The minimum absolute atomic E-state index is 0.319. The van der Waals surface area contributed by atoms with E-state index in [4.69, 9.17) is 18.5 Å². The van der Waals surface area contributed by atoms with Crippen molar-refractivity contribution in [1.29, 1.82) is 0 Å². The van der Waals surface area contributed by atoms with Crippen LogP contribution in [0.25, 0.3) is 0 Å². The van der Waals surface area contributed by atoms with Crippen molar-refractivity contribution in [3.05, 3.63) is 35.9 Å². The topological polar surface area (TPSA) is 71.1 Å². The van der Waals surface area contributed by atoms with Gasteiger partial charge in [-0.15, -0.1) is 0 Å². The van der Waals surface area contributed by atoms with Crippen LogP contribution in [0.2, 0.25) is 0 Å². The molecule has 0 aliphatic rings. The van der Waals surface area contributed by atoms with Crippen molar-refractivity contribution in [3.8, 4) is 0 Å². The number of methoxy groups -OCH3 is 1. The van der Waals surface area contributed by atoms with Gasteiger partial charge in [0.05, 0.1) is 7.11 Å². The van der Waals surface area contributed by atoms with Crippen molar-refractivity contribution < 1.29 is 27.9 Å². The number of carbonyl (C=O) groups is 1. The fourth-order valence-electron chi connectivity index (χ4n) is 1.88. The Kier molecular flexibility index (Phi) is 7.23. The fraction of sp³-hybridized carbons (Fsp3) is 0.533. The molecule has 7 heteroatoms. The van der Waals surface area contributed by atoms with E-state index < -0.39 is 19.2 Å². The summed E-state index contributed by atoms with van der Waals surface area (Å²) in [7, 11) is 0.479. The first-order valence-electron chi connectivity index (χ1n) is 6.86. The molecule has 1 atom stereocenters. The summed E-state index contributed by atoms with van der Waals surface area (Å²) in [5.74, 6) is -0.526. The third kappa shape index (κ3) is 5.21. The van der Waals surface area contributed by atoms with Crippen molar-refractivity contribution in [3.63, 3.8) is 0 Å². The van der Waals surface area contributed by atoms with Gasteiger partial charge in [-0.05, 0) is 25.3 Å². The molecule has 0 spiro atoms. The molecule has 124 valence electrons. The molecule has 6 nitrogen and oxygen atoms in total. The Bertz CT molecular complexity index is 510. The zero-order valence-corrected chi connectivity index (χ0v) is 14.3. The molecule has 0 saturated carbocycles. The number of aryl methyl sites for hydroxylation is 1. The van der Waals surface area contributed by atoms with Crippen molar-refractivity contribution in [2.24, 2.45) is 0 Å². The zero-order chi connectivity index (χ0) is 16.6. The summed E-state index contributed by atoms with van der Waals surface area (Å²) in [4.78, 5) is 12.0.